The highest BCUT2D eigenvalue weighted by Gasteiger charge is 2.28. The molecule has 0 bridgehead atoms. The summed E-state index contributed by atoms with van der Waals surface area (Å²) >= 11 is 5.33. The number of hydrazone groups is 1. The quantitative estimate of drug-likeness (QED) is 0.332. The van der Waals surface area contributed by atoms with E-state index in [2.05, 4.69) is 26.7 Å². The molecule has 4 rings (SSSR count). The Morgan fingerprint density at radius 3 is 2.44 bits per heavy atom. The number of amides is 2. The summed E-state index contributed by atoms with van der Waals surface area (Å²) in [5.41, 5.74) is 11.7. The Labute approximate surface area is 202 Å². The van der Waals surface area contributed by atoms with E-state index >= 15 is 0 Å². The number of para-hydroxylation sites is 1. The van der Waals surface area contributed by atoms with Gasteiger partial charge in [0.25, 0.3) is 0 Å². The molecule has 0 spiro atoms. The Morgan fingerprint density at radius 1 is 1.00 bits per heavy atom. The van der Waals surface area contributed by atoms with Crippen LogP contribution in [0.25, 0.3) is 0 Å². The molecule has 174 valence electrons. The molecule has 34 heavy (non-hydrogen) atoms. The molecule has 9 heteroatoms. The number of nitrogens with one attached hydrogen (secondary N) is 4. The number of hydrogen-bond acceptors (Lipinski definition) is 5. The molecule has 0 unspecified atom stereocenters. The number of thiocarbonyl (C=S) groups is 1. The summed E-state index contributed by atoms with van der Waals surface area (Å²) in [6, 6.07) is 18.9. The summed E-state index contributed by atoms with van der Waals surface area (Å²) in [6.07, 6.45) is 2.43. The van der Waals surface area contributed by atoms with Gasteiger partial charge in [0.05, 0.1) is 12.1 Å². The zero-order valence-corrected chi connectivity index (χ0v) is 19.5. The van der Waals surface area contributed by atoms with Crippen LogP contribution < -0.4 is 21.6 Å². The van der Waals surface area contributed by atoms with Gasteiger partial charge in [-0.1, -0.05) is 48.5 Å². The van der Waals surface area contributed by atoms with Gasteiger partial charge in [-0.3, -0.25) is 25.9 Å². The van der Waals surface area contributed by atoms with Gasteiger partial charge in [0.1, 0.15) is 5.76 Å². The highest BCUT2D eigenvalue weighted by atomic mass is 32.1. The molecular weight excluding hydrogens is 450 g/mol. The molecule has 1 aliphatic carbocycles. The Balaban J connectivity index is 1.40. The van der Waals surface area contributed by atoms with E-state index in [0.717, 1.165) is 35.4 Å². The zero-order chi connectivity index (χ0) is 23.9. The van der Waals surface area contributed by atoms with Crippen LogP contribution in [-0.2, 0) is 17.6 Å². The third-order valence-corrected chi connectivity index (χ3v) is 5.57. The van der Waals surface area contributed by atoms with Gasteiger partial charge in [-0.05, 0) is 49.7 Å². The number of carbonyl (C=O) groups excluding carboxylic acids is 2. The molecular formula is C25H25N5O3S. The first kappa shape index (κ1) is 23.2. The number of anilines is 1. The minimum absolute atomic E-state index is 0.157. The highest BCUT2D eigenvalue weighted by Crippen LogP contribution is 2.29. The van der Waals surface area contributed by atoms with Crippen LogP contribution in [0.15, 0.2) is 70.2 Å². The van der Waals surface area contributed by atoms with Crippen molar-refractivity contribution < 1.29 is 14.0 Å². The average molecular weight is 476 g/mol. The van der Waals surface area contributed by atoms with Gasteiger partial charge in [-0.25, -0.2) is 0 Å². The van der Waals surface area contributed by atoms with Gasteiger partial charge in [0.2, 0.25) is 5.91 Å². The normalized spacial score (nSPS) is 13.6. The lowest BCUT2D eigenvalue weighted by atomic mass is 9.93. The van der Waals surface area contributed by atoms with Crippen molar-refractivity contribution in [1.29, 1.82) is 0 Å². The summed E-state index contributed by atoms with van der Waals surface area (Å²) in [6.45, 7) is 1.81. The smallest absolute Gasteiger partial charge is 0.305 e. The molecule has 4 N–H and O–H groups in total. The third kappa shape index (κ3) is 5.68. The van der Waals surface area contributed by atoms with E-state index in [-0.39, 0.29) is 18.1 Å². The number of aryl methyl sites for hydroxylation is 1. The number of rotatable bonds is 5. The molecule has 3 aromatic rings. The molecule has 0 atom stereocenters. The fraction of sp³-hybridized carbons (Fsp3) is 0.200. The fourth-order valence-corrected chi connectivity index (χ4v) is 3.97. The Kier molecular flexibility index (Phi) is 7.34. The number of fused-ring (bicyclic) bond motifs is 1. The number of benzene rings is 2. The van der Waals surface area contributed by atoms with Crippen molar-refractivity contribution in [2.45, 2.75) is 32.6 Å². The van der Waals surface area contributed by atoms with Crippen molar-refractivity contribution in [2.75, 3.05) is 5.32 Å². The van der Waals surface area contributed by atoms with Crippen molar-refractivity contribution in [3.63, 3.8) is 0 Å². The van der Waals surface area contributed by atoms with E-state index in [0.29, 0.717) is 22.9 Å². The van der Waals surface area contributed by atoms with Crippen molar-refractivity contribution in [3.05, 3.63) is 88.9 Å². The largest absolute Gasteiger partial charge is 0.455 e. The van der Waals surface area contributed by atoms with Crippen molar-refractivity contribution in [3.8, 4) is 0 Å². The van der Waals surface area contributed by atoms with Gasteiger partial charge in [0.15, 0.2) is 10.9 Å². The minimum atomic E-state index is -0.512. The first-order valence-corrected chi connectivity index (χ1v) is 11.4. The molecule has 0 saturated carbocycles. The zero-order valence-electron chi connectivity index (χ0n) is 18.7. The summed E-state index contributed by atoms with van der Waals surface area (Å²) in [7, 11) is 0. The number of hydrazine groups is 1. The summed E-state index contributed by atoms with van der Waals surface area (Å²) < 4.78 is 5.86. The monoisotopic (exact) mass is 475 g/mol. The molecule has 1 heterocycles. The average Bonchev–Trinajstić information content (AvgIpc) is 3.19. The Hall–Kier alpha value is -3.98. The van der Waals surface area contributed by atoms with Crippen LogP contribution in [0.2, 0.25) is 0 Å². The second-order valence-electron chi connectivity index (χ2n) is 7.86. The molecule has 1 aliphatic rings. The fourth-order valence-electron chi connectivity index (χ4n) is 3.80. The van der Waals surface area contributed by atoms with Gasteiger partial charge < -0.3 is 9.73 Å². The van der Waals surface area contributed by atoms with Gasteiger partial charge in [0, 0.05) is 23.2 Å². The van der Waals surface area contributed by atoms with Crippen LogP contribution in [0.1, 0.15) is 45.8 Å². The van der Waals surface area contributed by atoms with Crippen molar-refractivity contribution >= 4 is 40.5 Å². The summed E-state index contributed by atoms with van der Waals surface area (Å²) in [5, 5.41) is 7.92. The van der Waals surface area contributed by atoms with Crippen LogP contribution in [0.5, 0.6) is 0 Å². The number of nitrogens with zero attached hydrogens (tertiary/aromatic N) is 1. The van der Waals surface area contributed by atoms with Crippen LogP contribution in [0, 0.1) is 6.92 Å². The Morgan fingerprint density at radius 2 is 1.71 bits per heavy atom. The van der Waals surface area contributed by atoms with Crippen LogP contribution in [0.3, 0.4) is 0 Å². The van der Waals surface area contributed by atoms with Gasteiger partial charge >= 0.3 is 5.91 Å². The van der Waals surface area contributed by atoms with Crippen LogP contribution >= 0.6 is 12.2 Å². The first-order valence-electron chi connectivity index (χ1n) is 11.0. The highest BCUT2D eigenvalue weighted by molar-refractivity contribution is 7.80. The molecule has 2 aromatic carbocycles. The van der Waals surface area contributed by atoms with Gasteiger partial charge in [-0.2, -0.15) is 5.10 Å². The number of furan rings is 1. The predicted octanol–water partition coefficient (Wildman–Crippen LogP) is 3.62. The predicted molar refractivity (Wildman–Crippen MR) is 134 cm³/mol. The minimum Gasteiger partial charge on any atom is -0.455 e. The van der Waals surface area contributed by atoms with E-state index in [1.165, 1.54) is 0 Å². The SMILES string of the molecule is Cc1c(C(=O)NNC(=O)Cc2ccccc2)oc2c1/C(=N/NC(=S)Nc1ccccc1)CCC2. The molecule has 0 fully saturated rings. The molecule has 8 nitrogen and oxygen atoms in total. The second kappa shape index (κ2) is 10.8. The van der Waals surface area contributed by atoms with E-state index in [1.807, 2.05) is 67.6 Å². The van der Waals surface area contributed by atoms with Crippen molar-refractivity contribution in [1.82, 2.24) is 16.3 Å². The van der Waals surface area contributed by atoms with E-state index in [1.54, 1.807) is 0 Å². The lowest BCUT2D eigenvalue weighted by molar-refractivity contribution is -0.121. The first-order chi connectivity index (χ1) is 16.5. The van der Waals surface area contributed by atoms with E-state index in [4.69, 9.17) is 16.6 Å². The maximum Gasteiger partial charge on any atom is 0.305 e. The second-order valence-corrected chi connectivity index (χ2v) is 8.27. The van der Waals surface area contributed by atoms with E-state index in [9.17, 15) is 9.59 Å². The number of hydrogen-bond donors (Lipinski definition) is 4. The maximum atomic E-state index is 12.7. The lowest BCUT2D eigenvalue weighted by Gasteiger charge is -2.14. The van der Waals surface area contributed by atoms with E-state index < -0.39 is 5.91 Å². The number of carbonyl (C=O) groups is 2. The van der Waals surface area contributed by atoms with Crippen LogP contribution in [-0.4, -0.2) is 22.6 Å². The van der Waals surface area contributed by atoms with Crippen LogP contribution in [0.4, 0.5) is 5.69 Å². The molecule has 0 radical (unpaired) electrons. The summed E-state index contributed by atoms with van der Waals surface area (Å²) in [5.74, 6) is 0.0258. The molecule has 2 amide bonds. The summed E-state index contributed by atoms with van der Waals surface area (Å²) in [4.78, 5) is 24.9. The maximum absolute atomic E-state index is 12.7. The molecule has 0 aliphatic heterocycles. The molecule has 0 saturated heterocycles. The van der Waals surface area contributed by atoms with Crippen molar-refractivity contribution in [2.24, 2.45) is 5.10 Å². The third-order valence-electron chi connectivity index (χ3n) is 5.38. The topological polar surface area (TPSA) is 108 Å². The standard InChI is InChI=1S/C25H25N5O3S/c1-16-22-19(27-30-25(34)26-18-11-6-3-7-12-18)13-8-14-20(22)33-23(16)24(32)29-28-21(31)15-17-9-4-2-5-10-17/h2-7,9-12H,8,13-15H2,1H3,(H,28,31)(H,29,32)(H2,26,30,34)/b27-19+. The molecule has 1 aromatic heterocycles. The van der Waals surface area contributed by atoms with Gasteiger partial charge in [-0.15, -0.1) is 0 Å². The lowest BCUT2D eigenvalue weighted by Crippen LogP contribution is -2.42. The Bertz CT molecular complexity index is 1220.